The van der Waals surface area contributed by atoms with Crippen molar-refractivity contribution in [1.82, 2.24) is 0 Å². The molecule has 0 radical (unpaired) electrons. The second kappa shape index (κ2) is 7.85. The van der Waals surface area contributed by atoms with Crippen LogP contribution in [0.15, 0.2) is 109 Å². The lowest BCUT2D eigenvalue weighted by Gasteiger charge is -2.02. The highest BCUT2D eigenvalue weighted by atomic mass is 14.5. The number of benzene rings is 5. The third-order valence-corrected chi connectivity index (χ3v) is 4.81. The van der Waals surface area contributed by atoms with Crippen molar-refractivity contribution >= 4 is 32.9 Å². The van der Waals surface area contributed by atoms with Crippen molar-refractivity contribution in [1.29, 1.82) is 0 Å². The van der Waals surface area contributed by atoms with Gasteiger partial charge in [-0.25, -0.2) is 0 Å². The monoisotopic (exact) mass is 362 g/mol. The molecule has 0 saturated carbocycles. The molecular formula is C26H22N2. The topological polar surface area (TPSA) is 52.0 Å². The van der Waals surface area contributed by atoms with Crippen molar-refractivity contribution in [2.75, 3.05) is 11.5 Å². The summed E-state index contributed by atoms with van der Waals surface area (Å²) in [5.41, 5.74) is 15.1. The molecule has 0 aromatic heterocycles. The first-order chi connectivity index (χ1) is 13.7. The van der Waals surface area contributed by atoms with Gasteiger partial charge in [-0.15, -0.1) is 0 Å². The average molecular weight is 362 g/mol. The molecule has 5 rings (SSSR count). The van der Waals surface area contributed by atoms with Crippen molar-refractivity contribution in [3.8, 4) is 11.1 Å². The summed E-state index contributed by atoms with van der Waals surface area (Å²) in [6, 6.07) is 36.9. The van der Waals surface area contributed by atoms with Crippen LogP contribution in [0.4, 0.5) is 11.4 Å². The average Bonchev–Trinajstić information content (AvgIpc) is 2.75. The molecule has 5 aromatic carbocycles. The Hall–Kier alpha value is -3.78. The smallest absolute Gasteiger partial charge is 0.0314 e. The molecule has 0 aliphatic carbocycles. The zero-order chi connectivity index (χ0) is 19.3. The van der Waals surface area contributed by atoms with E-state index in [1.54, 1.807) is 0 Å². The van der Waals surface area contributed by atoms with Crippen molar-refractivity contribution in [3.63, 3.8) is 0 Å². The van der Waals surface area contributed by atoms with Gasteiger partial charge < -0.3 is 11.5 Å². The minimum atomic E-state index is 0.782. The summed E-state index contributed by atoms with van der Waals surface area (Å²) in [7, 11) is 0. The Morgan fingerprint density at radius 3 is 1.11 bits per heavy atom. The summed E-state index contributed by atoms with van der Waals surface area (Å²) < 4.78 is 0. The van der Waals surface area contributed by atoms with Crippen LogP contribution in [0.5, 0.6) is 0 Å². The van der Waals surface area contributed by atoms with E-state index in [9.17, 15) is 0 Å². The van der Waals surface area contributed by atoms with Gasteiger partial charge in [-0.1, -0.05) is 84.9 Å². The molecule has 0 aliphatic heterocycles. The fraction of sp³-hybridized carbons (Fsp3) is 0. The van der Waals surface area contributed by atoms with Crippen LogP contribution in [0.25, 0.3) is 32.7 Å². The number of hydrogen-bond donors (Lipinski definition) is 2. The molecular weight excluding hydrogens is 340 g/mol. The molecule has 0 saturated heterocycles. The van der Waals surface area contributed by atoms with E-state index >= 15 is 0 Å². The molecule has 2 heteroatoms. The maximum absolute atomic E-state index is 5.61. The van der Waals surface area contributed by atoms with Crippen LogP contribution >= 0.6 is 0 Å². The quantitative estimate of drug-likeness (QED) is 0.264. The van der Waals surface area contributed by atoms with Crippen molar-refractivity contribution in [3.05, 3.63) is 109 Å². The normalized spacial score (nSPS) is 10.4. The molecule has 0 heterocycles. The van der Waals surface area contributed by atoms with Gasteiger partial charge in [0.15, 0.2) is 0 Å². The Bertz CT molecular complexity index is 1110. The highest BCUT2D eigenvalue weighted by Crippen LogP contribution is 2.24. The number of anilines is 2. The Balaban J connectivity index is 0.000000137. The fourth-order valence-electron chi connectivity index (χ4n) is 3.31. The molecule has 5 aromatic rings. The van der Waals surface area contributed by atoms with E-state index in [-0.39, 0.29) is 0 Å². The standard InChI is InChI=1S/C14H10.C12H12N2/c1-3-7-13-11(5-1)9-10-12-6-2-4-8-14(12)13;13-11-5-1-9(2-6-11)10-3-7-12(14)8-4-10/h1-10H;1-8H,13-14H2. The lowest BCUT2D eigenvalue weighted by molar-refractivity contribution is 1.61. The predicted molar refractivity (Wildman–Crippen MR) is 122 cm³/mol. The summed E-state index contributed by atoms with van der Waals surface area (Å²) in [6.07, 6.45) is 0. The molecule has 4 N–H and O–H groups in total. The largest absolute Gasteiger partial charge is 0.399 e. The van der Waals surface area contributed by atoms with Crippen LogP contribution in [-0.4, -0.2) is 0 Å². The van der Waals surface area contributed by atoms with Crippen LogP contribution in [0.3, 0.4) is 0 Å². The molecule has 0 aliphatic rings. The SMILES string of the molecule is Nc1ccc(-c2ccc(N)cc2)cc1.c1ccc2c(c1)ccc1ccccc12. The van der Waals surface area contributed by atoms with E-state index in [4.69, 9.17) is 11.5 Å². The van der Waals surface area contributed by atoms with E-state index in [0.29, 0.717) is 0 Å². The second-order valence-corrected chi connectivity index (χ2v) is 6.75. The molecule has 136 valence electrons. The van der Waals surface area contributed by atoms with Gasteiger partial charge in [0.2, 0.25) is 0 Å². The third kappa shape index (κ3) is 3.81. The van der Waals surface area contributed by atoms with Gasteiger partial charge in [0.1, 0.15) is 0 Å². The number of hydrogen-bond acceptors (Lipinski definition) is 2. The maximum Gasteiger partial charge on any atom is 0.0314 e. The van der Waals surface area contributed by atoms with Crippen LogP contribution in [0.2, 0.25) is 0 Å². The van der Waals surface area contributed by atoms with Gasteiger partial charge >= 0.3 is 0 Å². The second-order valence-electron chi connectivity index (χ2n) is 6.75. The summed E-state index contributed by atoms with van der Waals surface area (Å²) in [5, 5.41) is 5.30. The number of rotatable bonds is 1. The van der Waals surface area contributed by atoms with Crippen molar-refractivity contribution < 1.29 is 0 Å². The molecule has 0 fully saturated rings. The highest BCUT2D eigenvalue weighted by molar-refractivity contribution is 6.07. The van der Waals surface area contributed by atoms with Crippen molar-refractivity contribution in [2.24, 2.45) is 0 Å². The lowest BCUT2D eigenvalue weighted by Crippen LogP contribution is -1.85. The molecule has 0 spiro atoms. The summed E-state index contributed by atoms with van der Waals surface area (Å²) in [6.45, 7) is 0. The molecule has 2 nitrogen and oxygen atoms in total. The van der Waals surface area contributed by atoms with Gasteiger partial charge in [-0.2, -0.15) is 0 Å². The zero-order valence-electron chi connectivity index (χ0n) is 15.5. The maximum atomic E-state index is 5.61. The predicted octanol–water partition coefficient (Wildman–Crippen LogP) is 6.51. The summed E-state index contributed by atoms with van der Waals surface area (Å²) in [4.78, 5) is 0. The van der Waals surface area contributed by atoms with E-state index in [1.807, 2.05) is 48.5 Å². The third-order valence-electron chi connectivity index (χ3n) is 4.81. The Labute approximate surface area is 165 Å². The van der Waals surface area contributed by atoms with Gasteiger partial charge in [0.05, 0.1) is 0 Å². The number of nitrogen functional groups attached to an aromatic ring is 2. The lowest BCUT2D eigenvalue weighted by atomic mass is 10.0. The minimum Gasteiger partial charge on any atom is -0.399 e. The van der Waals surface area contributed by atoms with Crippen LogP contribution in [-0.2, 0) is 0 Å². The first kappa shape index (κ1) is 17.6. The van der Waals surface area contributed by atoms with E-state index in [1.165, 1.54) is 21.5 Å². The Morgan fingerprint density at radius 2 is 0.714 bits per heavy atom. The zero-order valence-corrected chi connectivity index (χ0v) is 15.5. The molecule has 0 unspecified atom stereocenters. The van der Waals surface area contributed by atoms with E-state index < -0.39 is 0 Å². The van der Waals surface area contributed by atoms with E-state index in [2.05, 4.69) is 60.7 Å². The van der Waals surface area contributed by atoms with Crippen molar-refractivity contribution in [2.45, 2.75) is 0 Å². The molecule has 0 bridgehead atoms. The first-order valence-corrected chi connectivity index (χ1v) is 9.29. The highest BCUT2D eigenvalue weighted by Gasteiger charge is 1.97. The van der Waals surface area contributed by atoms with Crippen LogP contribution < -0.4 is 11.5 Å². The molecule has 0 atom stereocenters. The molecule has 0 amide bonds. The number of nitrogens with two attached hydrogens (primary N) is 2. The minimum absolute atomic E-state index is 0.782. The first-order valence-electron chi connectivity index (χ1n) is 9.29. The van der Waals surface area contributed by atoms with Crippen LogP contribution in [0.1, 0.15) is 0 Å². The van der Waals surface area contributed by atoms with Gasteiger partial charge in [0, 0.05) is 11.4 Å². The number of fused-ring (bicyclic) bond motifs is 3. The van der Waals surface area contributed by atoms with Crippen LogP contribution in [0, 0.1) is 0 Å². The van der Waals surface area contributed by atoms with Gasteiger partial charge in [-0.05, 0) is 56.9 Å². The summed E-state index contributed by atoms with van der Waals surface area (Å²) in [5.74, 6) is 0. The Kier molecular flexibility index (Phi) is 4.94. The van der Waals surface area contributed by atoms with E-state index in [0.717, 1.165) is 22.5 Å². The molecule has 28 heavy (non-hydrogen) atoms. The van der Waals surface area contributed by atoms with Gasteiger partial charge in [-0.3, -0.25) is 0 Å². The Morgan fingerprint density at radius 1 is 0.357 bits per heavy atom. The summed E-state index contributed by atoms with van der Waals surface area (Å²) >= 11 is 0. The van der Waals surface area contributed by atoms with Gasteiger partial charge in [0.25, 0.3) is 0 Å². The fourth-order valence-corrected chi connectivity index (χ4v) is 3.31.